The van der Waals surface area contributed by atoms with Crippen molar-refractivity contribution >= 4 is 45.6 Å². The number of amides is 2. The maximum atomic E-state index is 12.6. The fourth-order valence-corrected chi connectivity index (χ4v) is 4.50. The molecule has 8 heteroatoms. The van der Waals surface area contributed by atoms with Crippen LogP contribution in [0.25, 0.3) is 0 Å². The monoisotopic (exact) mass is 426 g/mol. The Labute approximate surface area is 177 Å². The van der Waals surface area contributed by atoms with Gasteiger partial charge in [0.2, 0.25) is 11.0 Å². The van der Waals surface area contributed by atoms with Gasteiger partial charge in [0.05, 0.1) is 0 Å². The molecule has 6 nitrogen and oxygen atoms in total. The van der Waals surface area contributed by atoms with E-state index in [1.807, 2.05) is 26.0 Å². The minimum atomic E-state index is -0.297. The van der Waals surface area contributed by atoms with Crippen LogP contribution in [0.5, 0.6) is 0 Å². The second-order valence-electron chi connectivity index (χ2n) is 7.16. The second kappa shape index (κ2) is 7.93. The van der Waals surface area contributed by atoms with Crippen molar-refractivity contribution in [3.05, 3.63) is 69.2 Å². The van der Waals surface area contributed by atoms with E-state index in [4.69, 9.17) is 11.6 Å². The highest BCUT2D eigenvalue weighted by Gasteiger charge is 2.34. The summed E-state index contributed by atoms with van der Waals surface area (Å²) < 4.78 is 0. The number of halogens is 1. The summed E-state index contributed by atoms with van der Waals surface area (Å²) >= 11 is 7.23. The Kier molecular flexibility index (Phi) is 5.34. The highest BCUT2D eigenvalue weighted by molar-refractivity contribution is 7.15. The van der Waals surface area contributed by atoms with Crippen molar-refractivity contribution in [3.8, 4) is 0 Å². The number of aromatic nitrogens is 2. The highest BCUT2D eigenvalue weighted by atomic mass is 35.5. The number of hydrogen-bond donors (Lipinski definition) is 1. The molecule has 0 unspecified atom stereocenters. The molecule has 0 saturated carbocycles. The van der Waals surface area contributed by atoms with Crippen LogP contribution in [0, 0.1) is 13.8 Å². The van der Waals surface area contributed by atoms with E-state index in [9.17, 15) is 9.59 Å². The fraction of sp³-hybridized carbons (Fsp3) is 0.238. The van der Waals surface area contributed by atoms with E-state index in [0.717, 1.165) is 21.8 Å². The first kappa shape index (κ1) is 19.5. The Morgan fingerprint density at radius 3 is 2.66 bits per heavy atom. The van der Waals surface area contributed by atoms with Crippen molar-refractivity contribution in [2.45, 2.75) is 26.2 Å². The van der Waals surface area contributed by atoms with E-state index >= 15 is 0 Å². The Bertz CT molecular complexity index is 1080. The smallest absolute Gasteiger partial charge is 0.257 e. The Hall–Kier alpha value is -2.77. The van der Waals surface area contributed by atoms with E-state index < -0.39 is 0 Å². The average molecular weight is 427 g/mol. The third kappa shape index (κ3) is 4.31. The summed E-state index contributed by atoms with van der Waals surface area (Å²) in [5.74, 6) is -0.271. The Balaban J connectivity index is 1.47. The number of hydrogen-bond acceptors (Lipinski definition) is 5. The molecule has 1 saturated heterocycles. The van der Waals surface area contributed by atoms with Gasteiger partial charge in [0.1, 0.15) is 5.01 Å². The zero-order valence-corrected chi connectivity index (χ0v) is 17.5. The minimum absolute atomic E-state index is 0.0439. The molecule has 2 amide bonds. The molecule has 29 heavy (non-hydrogen) atoms. The van der Waals surface area contributed by atoms with Crippen molar-refractivity contribution in [3.63, 3.8) is 0 Å². The molecular formula is C21H19ClN4O2S. The topological polar surface area (TPSA) is 75.2 Å². The van der Waals surface area contributed by atoms with Crippen molar-refractivity contribution in [2.24, 2.45) is 0 Å². The van der Waals surface area contributed by atoms with E-state index in [1.54, 1.807) is 29.2 Å². The van der Waals surface area contributed by atoms with Gasteiger partial charge < -0.3 is 4.90 Å². The predicted molar refractivity (Wildman–Crippen MR) is 115 cm³/mol. The number of benzene rings is 2. The van der Waals surface area contributed by atoms with Crippen LogP contribution in [-0.2, 0) is 4.79 Å². The van der Waals surface area contributed by atoms with Gasteiger partial charge in [-0.05, 0) is 55.3 Å². The molecule has 2 aromatic carbocycles. The fourth-order valence-electron chi connectivity index (χ4n) is 3.48. The lowest BCUT2D eigenvalue weighted by atomic mass is 10.1. The van der Waals surface area contributed by atoms with Crippen LogP contribution in [0.1, 0.15) is 38.8 Å². The van der Waals surface area contributed by atoms with Gasteiger partial charge in [-0.25, -0.2) is 0 Å². The van der Waals surface area contributed by atoms with Gasteiger partial charge >= 0.3 is 0 Å². The summed E-state index contributed by atoms with van der Waals surface area (Å²) in [5, 5.41) is 12.7. The molecule has 148 valence electrons. The number of aryl methyl sites for hydroxylation is 2. The standard InChI is InChI=1S/C21H19ClN4O2S/c1-12-6-13(2)8-17(7-12)26-11-15(10-18(26)27)20-24-25-21(29-20)23-19(28)14-4-3-5-16(22)9-14/h3-9,15H,10-11H2,1-2H3,(H,23,25,28)/t15-/m0/s1. The van der Waals surface area contributed by atoms with Crippen LogP contribution < -0.4 is 10.2 Å². The van der Waals surface area contributed by atoms with Crippen molar-refractivity contribution < 1.29 is 9.59 Å². The van der Waals surface area contributed by atoms with Crippen LogP contribution in [0.3, 0.4) is 0 Å². The Morgan fingerprint density at radius 1 is 1.17 bits per heavy atom. The van der Waals surface area contributed by atoms with Gasteiger partial charge in [0.25, 0.3) is 5.91 Å². The highest BCUT2D eigenvalue weighted by Crippen LogP contribution is 2.35. The largest absolute Gasteiger partial charge is 0.312 e. The van der Waals surface area contributed by atoms with Crippen molar-refractivity contribution in [1.29, 1.82) is 0 Å². The third-order valence-corrected chi connectivity index (χ3v) is 5.98. The summed E-state index contributed by atoms with van der Waals surface area (Å²) in [6.45, 7) is 4.60. The number of carbonyl (C=O) groups is 2. The number of nitrogens with zero attached hydrogens (tertiary/aromatic N) is 3. The number of anilines is 2. The van der Waals surface area contributed by atoms with E-state index in [-0.39, 0.29) is 17.7 Å². The van der Waals surface area contributed by atoms with Crippen LogP contribution in [-0.4, -0.2) is 28.6 Å². The van der Waals surface area contributed by atoms with Gasteiger partial charge in [0.15, 0.2) is 0 Å². The van der Waals surface area contributed by atoms with Crippen molar-refractivity contribution in [2.75, 3.05) is 16.8 Å². The molecule has 1 aliphatic rings. The molecule has 1 atom stereocenters. The van der Waals surface area contributed by atoms with Crippen LogP contribution >= 0.6 is 22.9 Å². The average Bonchev–Trinajstić information content (AvgIpc) is 3.27. The summed E-state index contributed by atoms with van der Waals surface area (Å²) in [5.41, 5.74) is 3.61. The molecule has 1 N–H and O–H groups in total. The first-order valence-corrected chi connectivity index (χ1v) is 10.4. The maximum Gasteiger partial charge on any atom is 0.257 e. The second-order valence-corrected chi connectivity index (χ2v) is 8.61. The summed E-state index contributed by atoms with van der Waals surface area (Å²) in [4.78, 5) is 26.7. The van der Waals surface area contributed by atoms with E-state index in [1.165, 1.54) is 11.3 Å². The van der Waals surface area contributed by atoms with Crippen LogP contribution in [0.2, 0.25) is 5.02 Å². The molecule has 0 bridgehead atoms. The number of carbonyl (C=O) groups excluding carboxylic acids is 2. The molecule has 0 aliphatic carbocycles. The van der Waals surface area contributed by atoms with E-state index in [2.05, 4.69) is 21.6 Å². The van der Waals surface area contributed by atoms with Crippen LogP contribution in [0.4, 0.5) is 10.8 Å². The normalized spacial score (nSPS) is 16.3. The van der Waals surface area contributed by atoms with Gasteiger partial charge in [0, 0.05) is 35.2 Å². The molecule has 0 radical (unpaired) electrons. The summed E-state index contributed by atoms with van der Waals surface area (Å²) in [6.07, 6.45) is 0.379. The van der Waals surface area contributed by atoms with Crippen LogP contribution in [0.15, 0.2) is 42.5 Å². The number of nitrogens with one attached hydrogen (secondary N) is 1. The van der Waals surface area contributed by atoms with Gasteiger partial charge in [-0.1, -0.05) is 35.1 Å². The zero-order valence-electron chi connectivity index (χ0n) is 16.0. The molecule has 4 rings (SSSR count). The van der Waals surface area contributed by atoms with Gasteiger partial charge in [-0.3, -0.25) is 14.9 Å². The van der Waals surface area contributed by atoms with E-state index in [0.29, 0.717) is 28.7 Å². The van der Waals surface area contributed by atoms with Crippen molar-refractivity contribution in [1.82, 2.24) is 10.2 Å². The first-order chi connectivity index (χ1) is 13.9. The minimum Gasteiger partial charge on any atom is -0.312 e. The molecule has 0 spiro atoms. The zero-order chi connectivity index (χ0) is 20.5. The third-order valence-electron chi connectivity index (χ3n) is 4.74. The SMILES string of the molecule is Cc1cc(C)cc(N2C[C@@H](c3nnc(NC(=O)c4cccc(Cl)c4)s3)CC2=O)c1. The molecule has 2 heterocycles. The predicted octanol–water partition coefficient (Wildman–Crippen LogP) is 4.58. The summed E-state index contributed by atoms with van der Waals surface area (Å²) in [6, 6.07) is 12.8. The summed E-state index contributed by atoms with van der Waals surface area (Å²) in [7, 11) is 0. The molecule has 1 aromatic heterocycles. The molecular weight excluding hydrogens is 408 g/mol. The lowest BCUT2D eigenvalue weighted by molar-refractivity contribution is -0.117. The quantitative estimate of drug-likeness (QED) is 0.662. The van der Waals surface area contributed by atoms with Gasteiger partial charge in [-0.15, -0.1) is 10.2 Å². The van der Waals surface area contributed by atoms with Gasteiger partial charge in [-0.2, -0.15) is 0 Å². The number of rotatable bonds is 4. The first-order valence-electron chi connectivity index (χ1n) is 9.18. The molecule has 1 fully saturated rings. The molecule has 3 aromatic rings. The Morgan fingerprint density at radius 2 is 1.93 bits per heavy atom. The molecule has 1 aliphatic heterocycles. The maximum absolute atomic E-state index is 12.6. The lowest BCUT2D eigenvalue weighted by Crippen LogP contribution is -2.24. The lowest BCUT2D eigenvalue weighted by Gasteiger charge is -2.17.